The van der Waals surface area contributed by atoms with Crippen LogP contribution in [0.25, 0.3) is 0 Å². The topological polar surface area (TPSA) is 50.1 Å². The van der Waals surface area contributed by atoms with Gasteiger partial charge in [0, 0.05) is 5.56 Å². The minimum absolute atomic E-state index is 0.0993. The Balaban J connectivity index is 2.16. The molecule has 0 heterocycles. The maximum atomic E-state index is 12.3. The first-order valence-corrected chi connectivity index (χ1v) is 6.38. The zero-order chi connectivity index (χ0) is 14.5. The molecule has 2 aromatic rings. The Labute approximate surface area is 118 Å². The lowest BCUT2D eigenvalue weighted by Crippen LogP contribution is -2.24. The molecule has 0 fully saturated rings. The van der Waals surface area contributed by atoms with Gasteiger partial charge in [0.05, 0.1) is 5.56 Å². The lowest BCUT2D eigenvalue weighted by molar-refractivity contribution is 0.0818. The van der Waals surface area contributed by atoms with Crippen LogP contribution >= 0.6 is 0 Å². The molecule has 0 amide bonds. The average Bonchev–Trinajstić information content (AvgIpc) is 2.48. The Bertz CT molecular complexity index is 653. The number of nitrogens with zero attached hydrogens (tertiary/aromatic N) is 1. The molecule has 2 rings (SSSR count). The van der Waals surface area contributed by atoms with Crippen molar-refractivity contribution in [1.82, 2.24) is 0 Å². The average molecular weight is 265 g/mol. The molecule has 0 saturated heterocycles. The maximum absolute atomic E-state index is 12.3. The van der Waals surface area contributed by atoms with Gasteiger partial charge in [0.25, 0.3) is 0 Å². The van der Waals surface area contributed by atoms with Gasteiger partial charge in [0.15, 0.2) is 6.10 Å². The van der Waals surface area contributed by atoms with Crippen LogP contribution in [0.5, 0.6) is 5.75 Å². The number of rotatable bonds is 4. The highest BCUT2D eigenvalue weighted by atomic mass is 16.5. The van der Waals surface area contributed by atoms with E-state index in [1.807, 2.05) is 19.1 Å². The zero-order valence-electron chi connectivity index (χ0n) is 11.5. The van der Waals surface area contributed by atoms with Crippen molar-refractivity contribution in [2.24, 2.45) is 0 Å². The number of aryl methyl sites for hydroxylation is 1. The summed E-state index contributed by atoms with van der Waals surface area (Å²) in [5.74, 6) is 0.334. The molecule has 0 aliphatic carbocycles. The largest absolute Gasteiger partial charge is 0.481 e. The molecule has 0 spiro atoms. The number of ether oxygens (including phenoxy) is 1. The number of hydrogen-bond donors (Lipinski definition) is 0. The third kappa shape index (κ3) is 3.04. The van der Waals surface area contributed by atoms with Crippen LogP contribution in [0, 0.1) is 18.3 Å². The number of carbonyl (C=O) groups is 1. The van der Waals surface area contributed by atoms with E-state index >= 15 is 0 Å². The van der Waals surface area contributed by atoms with Crippen molar-refractivity contribution in [1.29, 1.82) is 5.26 Å². The maximum Gasteiger partial charge on any atom is 0.202 e. The summed E-state index contributed by atoms with van der Waals surface area (Å²) < 4.78 is 5.61. The van der Waals surface area contributed by atoms with Gasteiger partial charge in [-0.1, -0.05) is 42.0 Å². The Hall–Kier alpha value is -2.60. The monoisotopic (exact) mass is 265 g/mol. The van der Waals surface area contributed by atoms with Crippen molar-refractivity contribution in [3.05, 3.63) is 65.2 Å². The van der Waals surface area contributed by atoms with E-state index in [9.17, 15) is 4.79 Å². The Kier molecular flexibility index (Phi) is 4.17. The summed E-state index contributed by atoms with van der Waals surface area (Å²) in [4.78, 5) is 12.3. The second-order valence-corrected chi connectivity index (χ2v) is 4.60. The summed E-state index contributed by atoms with van der Waals surface area (Å²) in [6.07, 6.45) is -0.632. The Morgan fingerprint density at radius 2 is 1.80 bits per heavy atom. The van der Waals surface area contributed by atoms with E-state index in [1.54, 1.807) is 43.3 Å². The lowest BCUT2D eigenvalue weighted by Gasteiger charge is -2.14. The second kappa shape index (κ2) is 6.03. The van der Waals surface area contributed by atoms with Crippen LogP contribution in [0.3, 0.4) is 0 Å². The van der Waals surface area contributed by atoms with Crippen LogP contribution in [-0.4, -0.2) is 11.9 Å². The Morgan fingerprint density at radius 3 is 2.45 bits per heavy atom. The van der Waals surface area contributed by atoms with Crippen LogP contribution in [0.15, 0.2) is 48.5 Å². The van der Waals surface area contributed by atoms with Gasteiger partial charge in [0.2, 0.25) is 5.78 Å². The number of nitriles is 1. The molecule has 0 aromatic heterocycles. The van der Waals surface area contributed by atoms with Crippen LogP contribution in [0.2, 0.25) is 0 Å². The second-order valence-electron chi connectivity index (χ2n) is 4.60. The quantitative estimate of drug-likeness (QED) is 0.795. The molecular formula is C17H15NO2. The van der Waals surface area contributed by atoms with Gasteiger partial charge in [-0.15, -0.1) is 0 Å². The summed E-state index contributed by atoms with van der Waals surface area (Å²) in [6, 6.07) is 16.3. The van der Waals surface area contributed by atoms with Crippen LogP contribution in [0.1, 0.15) is 28.4 Å². The fourth-order valence-electron chi connectivity index (χ4n) is 1.86. The van der Waals surface area contributed by atoms with Crippen molar-refractivity contribution >= 4 is 5.78 Å². The molecule has 3 nitrogen and oxygen atoms in total. The van der Waals surface area contributed by atoms with Gasteiger partial charge in [-0.05, 0) is 26.0 Å². The standard InChI is InChI=1S/C17H15NO2/c1-12-7-9-14(10-8-12)17(19)13(2)20-16-6-4-3-5-15(16)11-18/h3-10,13H,1-2H3/t13-/m1/s1. The van der Waals surface area contributed by atoms with E-state index < -0.39 is 6.10 Å². The van der Waals surface area contributed by atoms with Crippen molar-refractivity contribution in [2.45, 2.75) is 20.0 Å². The lowest BCUT2D eigenvalue weighted by atomic mass is 10.1. The number of carbonyl (C=O) groups excluding carboxylic acids is 1. The van der Waals surface area contributed by atoms with E-state index in [0.29, 0.717) is 16.9 Å². The van der Waals surface area contributed by atoms with E-state index in [-0.39, 0.29) is 5.78 Å². The molecule has 2 aromatic carbocycles. The number of Topliss-reactive ketones (excluding diaryl/α,β-unsaturated/α-hetero) is 1. The fourth-order valence-corrected chi connectivity index (χ4v) is 1.86. The molecular weight excluding hydrogens is 250 g/mol. The van der Waals surface area contributed by atoms with Crippen molar-refractivity contribution in [3.8, 4) is 11.8 Å². The van der Waals surface area contributed by atoms with E-state index in [0.717, 1.165) is 5.56 Å². The van der Waals surface area contributed by atoms with Gasteiger partial charge in [-0.25, -0.2) is 0 Å². The summed E-state index contributed by atoms with van der Waals surface area (Å²) in [7, 11) is 0. The Morgan fingerprint density at radius 1 is 1.15 bits per heavy atom. The van der Waals surface area contributed by atoms with Crippen LogP contribution < -0.4 is 4.74 Å². The van der Waals surface area contributed by atoms with E-state index in [2.05, 4.69) is 6.07 Å². The molecule has 0 bridgehead atoms. The summed E-state index contributed by atoms with van der Waals surface area (Å²) in [6.45, 7) is 3.66. The first-order chi connectivity index (χ1) is 9.61. The van der Waals surface area contributed by atoms with Crippen molar-refractivity contribution in [3.63, 3.8) is 0 Å². The SMILES string of the molecule is Cc1ccc(C(=O)[C@@H](C)Oc2ccccc2C#N)cc1. The van der Waals surface area contributed by atoms with Crippen molar-refractivity contribution < 1.29 is 9.53 Å². The van der Waals surface area contributed by atoms with Gasteiger partial charge in [0.1, 0.15) is 11.8 Å². The first-order valence-electron chi connectivity index (χ1n) is 6.38. The zero-order valence-corrected chi connectivity index (χ0v) is 11.5. The number of para-hydroxylation sites is 1. The molecule has 100 valence electrons. The molecule has 0 aliphatic heterocycles. The highest BCUT2D eigenvalue weighted by Crippen LogP contribution is 2.19. The van der Waals surface area contributed by atoms with Crippen molar-refractivity contribution in [2.75, 3.05) is 0 Å². The number of benzene rings is 2. The van der Waals surface area contributed by atoms with Crippen LogP contribution in [0.4, 0.5) is 0 Å². The van der Waals surface area contributed by atoms with Gasteiger partial charge in [-0.2, -0.15) is 5.26 Å². The van der Waals surface area contributed by atoms with Gasteiger partial charge < -0.3 is 4.74 Å². The van der Waals surface area contributed by atoms with Crippen LogP contribution in [-0.2, 0) is 0 Å². The minimum Gasteiger partial charge on any atom is -0.481 e. The molecule has 0 N–H and O–H groups in total. The third-order valence-electron chi connectivity index (χ3n) is 3.02. The highest BCUT2D eigenvalue weighted by molar-refractivity contribution is 5.99. The molecule has 0 saturated carbocycles. The number of ketones is 1. The minimum atomic E-state index is -0.632. The molecule has 1 atom stereocenters. The molecule has 0 aliphatic rings. The summed E-state index contributed by atoms with van der Waals surface area (Å²) in [5, 5.41) is 9.00. The third-order valence-corrected chi connectivity index (χ3v) is 3.02. The fraction of sp³-hybridized carbons (Fsp3) is 0.176. The summed E-state index contributed by atoms with van der Waals surface area (Å²) in [5.41, 5.74) is 2.14. The molecule has 3 heteroatoms. The molecule has 0 radical (unpaired) electrons. The number of hydrogen-bond acceptors (Lipinski definition) is 3. The smallest absolute Gasteiger partial charge is 0.202 e. The molecule has 20 heavy (non-hydrogen) atoms. The normalized spacial score (nSPS) is 11.4. The van der Waals surface area contributed by atoms with E-state index in [1.165, 1.54) is 0 Å². The van der Waals surface area contributed by atoms with Gasteiger partial charge in [-0.3, -0.25) is 4.79 Å². The van der Waals surface area contributed by atoms with E-state index in [4.69, 9.17) is 10.00 Å². The summed E-state index contributed by atoms with van der Waals surface area (Å²) >= 11 is 0. The highest BCUT2D eigenvalue weighted by Gasteiger charge is 2.17. The first kappa shape index (κ1) is 13.8. The predicted molar refractivity (Wildman–Crippen MR) is 76.8 cm³/mol. The molecule has 0 unspecified atom stereocenters. The predicted octanol–water partition coefficient (Wildman–Crippen LogP) is 3.52. The van der Waals surface area contributed by atoms with Gasteiger partial charge >= 0.3 is 0 Å².